The zero-order valence-corrected chi connectivity index (χ0v) is 7.39. The van der Waals surface area contributed by atoms with Crippen LogP contribution in [0.3, 0.4) is 0 Å². The molecule has 0 amide bonds. The molecule has 0 aliphatic heterocycles. The van der Waals surface area contributed by atoms with E-state index in [0.717, 1.165) is 6.54 Å². The Morgan fingerprint density at radius 1 is 1.91 bits per heavy atom. The van der Waals surface area contributed by atoms with Gasteiger partial charge in [-0.25, -0.2) is 0 Å². The van der Waals surface area contributed by atoms with Gasteiger partial charge in [0.1, 0.15) is 6.33 Å². The second-order valence-corrected chi connectivity index (χ2v) is 2.75. The van der Waals surface area contributed by atoms with E-state index in [1.807, 2.05) is 11.5 Å². The zero-order chi connectivity index (χ0) is 8.27. The van der Waals surface area contributed by atoms with E-state index in [2.05, 4.69) is 10.2 Å². The quantitative estimate of drug-likeness (QED) is 0.693. The van der Waals surface area contributed by atoms with Crippen LogP contribution in [0, 0.1) is 4.77 Å². The molecule has 1 heterocycles. The van der Waals surface area contributed by atoms with E-state index in [4.69, 9.17) is 17.0 Å². The summed E-state index contributed by atoms with van der Waals surface area (Å²) in [6, 6.07) is 0. The van der Waals surface area contributed by atoms with Crippen molar-refractivity contribution in [2.75, 3.05) is 7.11 Å². The molecule has 0 aliphatic carbocycles. The highest BCUT2D eigenvalue weighted by atomic mass is 32.1. The lowest BCUT2D eigenvalue weighted by atomic mass is 10.4. The number of nitrogens with zero attached hydrogens (tertiary/aromatic N) is 2. The van der Waals surface area contributed by atoms with Crippen molar-refractivity contribution >= 4 is 12.2 Å². The minimum absolute atomic E-state index is 0.166. The van der Waals surface area contributed by atoms with E-state index in [1.165, 1.54) is 0 Å². The molecule has 0 bridgehead atoms. The Balaban J connectivity index is 2.64. The van der Waals surface area contributed by atoms with E-state index < -0.39 is 0 Å². The Kier molecular flexibility index (Phi) is 2.78. The van der Waals surface area contributed by atoms with Crippen molar-refractivity contribution in [3.63, 3.8) is 0 Å². The Morgan fingerprint density at radius 2 is 2.64 bits per heavy atom. The minimum Gasteiger partial charge on any atom is -0.380 e. The molecule has 4 nitrogen and oxygen atoms in total. The van der Waals surface area contributed by atoms with Gasteiger partial charge >= 0.3 is 0 Å². The number of hydrogen-bond acceptors (Lipinski definition) is 3. The van der Waals surface area contributed by atoms with Crippen LogP contribution < -0.4 is 0 Å². The highest BCUT2D eigenvalue weighted by molar-refractivity contribution is 7.71. The highest BCUT2D eigenvalue weighted by Crippen LogP contribution is 1.94. The first-order valence-corrected chi connectivity index (χ1v) is 3.77. The normalized spacial score (nSPS) is 13.3. The van der Waals surface area contributed by atoms with Crippen molar-refractivity contribution in [2.24, 2.45) is 0 Å². The summed E-state index contributed by atoms with van der Waals surface area (Å²) in [5, 5.41) is 6.46. The number of ether oxygens (including phenoxy) is 1. The van der Waals surface area contributed by atoms with Crippen molar-refractivity contribution in [2.45, 2.75) is 19.6 Å². The Labute approximate surface area is 70.2 Å². The first kappa shape index (κ1) is 8.42. The molecule has 0 aliphatic rings. The molecular formula is C6H11N3OS. The summed E-state index contributed by atoms with van der Waals surface area (Å²) < 4.78 is 7.54. The van der Waals surface area contributed by atoms with Crippen LogP contribution in [0.2, 0.25) is 0 Å². The summed E-state index contributed by atoms with van der Waals surface area (Å²) >= 11 is 4.94. The fourth-order valence-electron chi connectivity index (χ4n) is 0.752. The molecule has 1 unspecified atom stereocenters. The Bertz CT molecular complexity index is 267. The number of nitrogens with one attached hydrogen (secondary N) is 1. The second-order valence-electron chi connectivity index (χ2n) is 2.36. The lowest BCUT2D eigenvalue weighted by molar-refractivity contribution is 0.103. The monoisotopic (exact) mass is 173 g/mol. The summed E-state index contributed by atoms with van der Waals surface area (Å²) in [6.45, 7) is 2.72. The molecule has 0 saturated heterocycles. The Hall–Kier alpha value is -0.680. The molecular weight excluding hydrogens is 162 g/mol. The molecule has 0 saturated carbocycles. The zero-order valence-electron chi connectivity index (χ0n) is 6.57. The van der Waals surface area contributed by atoms with Crippen molar-refractivity contribution in [3.8, 4) is 0 Å². The van der Waals surface area contributed by atoms with Crippen molar-refractivity contribution < 1.29 is 4.74 Å². The maximum atomic E-state index is 5.07. The molecule has 1 atom stereocenters. The summed E-state index contributed by atoms with van der Waals surface area (Å²) in [7, 11) is 1.67. The molecule has 5 heteroatoms. The highest BCUT2D eigenvalue weighted by Gasteiger charge is 2.00. The van der Waals surface area contributed by atoms with Gasteiger partial charge in [0.25, 0.3) is 0 Å². The average molecular weight is 173 g/mol. The van der Waals surface area contributed by atoms with E-state index >= 15 is 0 Å². The fourth-order valence-corrected chi connectivity index (χ4v) is 0.926. The van der Waals surface area contributed by atoms with E-state index in [1.54, 1.807) is 13.4 Å². The fraction of sp³-hybridized carbons (Fsp3) is 0.667. The third-order valence-corrected chi connectivity index (χ3v) is 1.80. The van der Waals surface area contributed by atoms with Crippen LogP contribution >= 0.6 is 12.2 Å². The van der Waals surface area contributed by atoms with Crippen LogP contribution in [0.4, 0.5) is 0 Å². The van der Waals surface area contributed by atoms with Crippen LogP contribution in [0.25, 0.3) is 0 Å². The van der Waals surface area contributed by atoms with Gasteiger partial charge < -0.3 is 9.30 Å². The first-order chi connectivity index (χ1) is 5.24. The first-order valence-electron chi connectivity index (χ1n) is 3.36. The molecule has 1 rings (SSSR count). The summed E-state index contributed by atoms with van der Waals surface area (Å²) in [6.07, 6.45) is 1.83. The second kappa shape index (κ2) is 3.64. The van der Waals surface area contributed by atoms with Crippen molar-refractivity contribution in [1.29, 1.82) is 0 Å². The van der Waals surface area contributed by atoms with Gasteiger partial charge in [-0.05, 0) is 19.1 Å². The lowest BCUT2D eigenvalue weighted by Crippen LogP contribution is -2.13. The van der Waals surface area contributed by atoms with E-state index in [9.17, 15) is 0 Å². The van der Waals surface area contributed by atoms with Crippen LogP contribution in [-0.4, -0.2) is 28.0 Å². The largest absolute Gasteiger partial charge is 0.380 e. The Morgan fingerprint density at radius 3 is 3.09 bits per heavy atom. The molecule has 0 fully saturated rings. The SMILES string of the molecule is COC(C)Cn1cn[nH]c1=S. The van der Waals surface area contributed by atoms with E-state index in [0.29, 0.717) is 4.77 Å². The number of hydrogen-bond donors (Lipinski definition) is 1. The van der Waals surface area contributed by atoms with Crippen LogP contribution in [0.1, 0.15) is 6.92 Å². The maximum absolute atomic E-state index is 5.07. The van der Waals surface area contributed by atoms with Crippen LogP contribution in [-0.2, 0) is 11.3 Å². The van der Waals surface area contributed by atoms with E-state index in [-0.39, 0.29) is 6.10 Å². The van der Waals surface area contributed by atoms with Gasteiger partial charge in [0.05, 0.1) is 12.6 Å². The summed E-state index contributed by atoms with van der Waals surface area (Å²) in [4.78, 5) is 0. The van der Waals surface area contributed by atoms with Gasteiger partial charge in [0.2, 0.25) is 0 Å². The number of rotatable bonds is 3. The molecule has 1 N–H and O–H groups in total. The third kappa shape index (κ3) is 2.13. The van der Waals surface area contributed by atoms with Gasteiger partial charge in [0.15, 0.2) is 4.77 Å². The van der Waals surface area contributed by atoms with Crippen LogP contribution in [0.15, 0.2) is 6.33 Å². The van der Waals surface area contributed by atoms with Gasteiger partial charge in [-0.2, -0.15) is 5.10 Å². The molecule has 1 aromatic rings. The summed E-state index contributed by atoms with van der Waals surface area (Å²) in [5.74, 6) is 0. The minimum atomic E-state index is 0.166. The maximum Gasteiger partial charge on any atom is 0.195 e. The van der Waals surface area contributed by atoms with Gasteiger partial charge in [-0.15, -0.1) is 0 Å². The molecule has 62 valence electrons. The predicted molar refractivity (Wildman–Crippen MR) is 43.9 cm³/mol. The molecule has 0 spiro atoms. The number of methoxy groups -OCH3 is 1. The lowest BCUT2D eigenvalue weighted by Gasteiger charge is -2.08. The number of H-pyrrole nitrogens is 1. The van der Waals surface area contributed by atoms with Gasteiger partial charge in [-0.1, -0.05) is 0 Å². The van der Waals surface area contributed by atoms with Crippen molar-refractivity contribution in [3.05, 3.63) is 11.1 Å². The van der Waals surface area contributed by atoms with Crippen LogP contribution in [0.5, 0.6) is 0 Å². The third-order valence-electron chi connectivity index (χ3n) is 1.47. The smallest absolute Gasteiger partial charge is 0.195 e. The molecule has 0 radical (unpaired) electrons. The predicted octanol–water partition coefficient (Wildman–Crippen LogP) is 0.976. The topological polar surface area (TPSA) is 42.8 Å². The molecule has 1 aromatic heterocycles. The number of aromatic nitrogens is 3. The molecule has 0 aromatic carbocycles. The average Bonchev–Trinajstić information content (AvgIpc) is 2.37. The molecule has 11 heavy (non-hydrogen) atoms. The summed E-state index contributed by atoms with van der Waals surface area (Å²) in [5.41, 5.74) is 0. The van der Waals surface area contributed by atoms with Gasteiger partial charge in [-0.3, -0.25) is 5.10 Å². The van der Waals surface area contributed by atoms with Crippen molar-refractivity contribution in [1.82, 2.24) is 14.8 Å². The number of aromatic amines is 1. The standard InChI is InChI=1S/C6H11N3OS/c1-5(10-2)3-9-4-7-8-6(9)11/h4-5H,3H2,1-2H3,(H,8,11). The van der Waals surface area contributed by atoms with Gasteiger partial charge in [0, 0.05) is 7.11 Å².